The van der Waals surface area contributed by atoms with Crippen molar-refractivity contribution in [2.24, 2.45) is 0 Å². The van der Waals surface area contributed by atoms with Crippen LogP contribution in [0.1, 0.15) is 11.1 Å². The summed E-state index contributed by atoms with van der Waals surface area (Å²) < 4.78 is 4.00. The van der Waals surface area contributed by atoms with Crippen molar-refractivity contribution in [1.82, 2.24) is 0 Å². The van der Waals surface area contributed by atoms with Gasteiger partial charge < -0.3 is 0 Å². The average Bonchev–Trinajstić information content (AvgIpc) is 2.41. The molecule has 106 valence electrons. The van der Waals surface area contributed by atoms with Gasteiger partial charge in [-0.1, -0.05) is 0 Å². The quantitative estimate of drug-likeness (QED) is 0.385. The molecule has 1 nitrogen and oxygen atoms in total. The SMILES string of the molecule is C[N+](=Cc1ccccc1[CH]=[Ru]([Cl])[Cl])c1ccc(Cl)cc1. The minimum atomic E-state index is -1.83. The molecule has 2 aromatic carbocycles. The van der Waals surface area contributed by atoms with Crippen molar-refractivity contribution in [2.75, 3.05) is 7.05 Å². The van der Waals surface area contributed by atoms with Gasteiger partial charge in [0.2, 0.25) is 0 Å². The zero-order valence-corrected chi connectivity index (χ0v) is 14.7. The van der Waals surface area contributed by atoms with Gasteiger partial charge in [0.05, 0.1) is 0 Å². The van der Waals surface area contributed by atoms with E-state index in [1.165, 1.54) is 0 Å². The summed E-state index contributed by atoms with van der Waals surface area (Å²) in [4.78, 5) is 0. The standard InChI is InChI=1S/C15H13ClN.2ClH.Ru/c1-12-5-3-4-6-13(12)11-17(2)15-9-7-14(16)8-10-15;;;/h1,3-11H,2H3;2*1H;/q+1;;;+2/p-2. The van der Waals surface area contributed by atoms with Crippen LogP contribution in [0.4, 0.5) is 5.69 Å². The number of nitrogens with zero attached hydrogens (tertiary/aromatic N) is 1. The van der Waals surface area contributed by atoms with Crippen molar-refractivity contribution in [1.29, 1.82) is 0 Å². The molecule has 0 aliphatic rings. The van der Waals surface area contributed by atoms with Crippen LogP contribution >= 0.6 is 31.0 Å². The molecule has 0 aliphatic heterocycles. The van der Waals surface area contributed by atoms with Crippen molar-refractivity contribution in [3.63, 3.8) is 0 Å². The third-order valence-corrected chi connectivity index (χ3v) is 4.83. The van der Waals surface area contributed by atoms with E-state index >= 15 is 0 Å². The second-order valence-corrected chi connectivity index (χ2v) is 10.3. The van der Waals surface area contributed by atoms with E-state index in [9.17, 15) is 0 Å². The van der Waals surface area contributed by atoms with Gasteiger partial charge in [0.1, 0.15) is 0 Å². The number of hydrogen-bond acceptors (Lipinski definition) is 0. The predicted molar refractivity (Wildman–Crippen MR) is 85.8 cm³/mol. The monoisotopic (exact) mass is 414 g/mol. The molecule has 0 heterocycles. The van der Waals surface area contributed by atoms with Crippen molar-refractivity contribution in [3.05, 3.63) is 64.7 Å². The van der Waals surface area contributed by atoms with Gasteiger partial charge in [0.15, 0.2) is 0 Å². The van der Waals surface area contributed by atoms with Crippen LogP contribution in [-0.2, 0) is 13.5 Å². The fraction of sp³-hybridized carbons (Fsp3) is 0.0667. The first-order valence-corrected chi connectivity index (χ1v) is 11.7. The molecule has 0 atom stereocenters. The Bertz CT molecular complexity index is 659. The van der Waals surface area contributed by atoms with E-state index in [0.29, 0.717) is 0 Å². The van der Waals surface area contributed by atoms with Crippen LogP contribution in [0.15, 0.2) is 48.5 Å². The molecule has 0 spiro atoms. The van der Waals surface area contributed by atoms with Gasteiger partial charge in [-0.3, -0.25) is 0 Å². The van der Waals surface area contributed by atoms with Crippen LogP contribution in [0, 0.1) is 0 Å². The molecule has 0 bridgehead atoms. The van der Waals surface area contributed by atoms with Crippen molar-refractivity contribution >= 4 is 47.5 Å². The second kappa shape index (κ2) is 7.47. The molecule has 0 radical (unpaired) electrons. The summed E-state index contributed by atoms with van der Waals surface area (Å²) in [6.45, 7) is 0. The molecule has 0 aromatic heterocycles. The Morgan fingerprint density at radius 3 is 2.15 bits per heavy atom. The fourth-order valence-electron chi connectivity index (χ4n) is 1.76. The van der Waals surface area contributed by atoms with E-state index < -0.39 is 13.5 Å². The van der Waals surface area contributed by atoms with Gasteiger partial charge in [-0.05, 0) is 0 Å². The van der Waals surface area contributed by atoms with Crippen LogP contribution in [0.25, 0.3) is 0 Å². The van der Waals surface area contributed by atoms with Crippen LogP contribution < -0.4 is 0 Å². The Kier molecular flexibility index (Phi) is 5.92. The summed E-state index contributed by atoms with van der Waals surface area (Å²) >= 11 is 4.07. The number of hydrogen-bond donors (Lipinski definition) is 0. The second-order valence-electron chi connectivity index (χ2n) is 4.15. The Morgan fingerprint density at radius 2 is 1.55 bits per heavy atom. The molecule has 0 unspecified atom stereocenters. The van der Waals surface area contributed by atoms with E-state index in [1.54, 1.807) is 0 Å². The van der Waals surface area contributed by atoms with E-state index in [0.717, 1.165) is 21.8 Å². The number of rotatable bonds is 3. The summed E-state index contributed by atoms with van der Waals surface area (Å²) in [6.07, 6.45) is 2.06. The maximum absolute atomic E-state index is 5.97. The average molecular weight is 415 g/mol. The van der Waals surface area contributed by atoms with E-state index in [-0.39, 0.29) is 0 Å². The molecular formula is C15H13Cl3NRu+. The van der Waals surface area contributed by atoms with Gasteiger partial charge in [0.25, 0.3) is 0 Å². The van der Waals surface area contributed by atoms with Crippen molar-refractivity contribution in [3.8, 4) is 0 Å². The van der Waals surface area contributed by atoms with Crippen LogP contribution in [0.3, 0.4) is 0 Å². The van der Waals surface area contributed by atoms with E-state index in [2.05, 4.69) is 6.21 Å². The Balaban J connectivity index is 2.39. The molecule has 0 fully saturated rings. The van der Waals surface area contributed by atoms with Crippen LogP contribution in [0.5, 0.6) is 0 Å². The predicted octanol–water partition coefficient (Wildman–Crippen LogP) is 4.81. The van der Waals surface area contributed by atoms with E-state index in [1.807, 2.05) is 64.8 Å². The zero-order chi connectivity index (χ0) is 14.5. The Hall–Kier alpha value is -0.527. The van der Waals surface area contributed by atoms with Crippen molar-refractivity contribution < 1.29 is 18.1 Å². The van der Waals surface area contributed by atoms with Crippen LogP contribution in [-0.4, -0.2) is 22.4 Å². The molecule has 0 amide bonds. The fourth-order valence-corrected chi connectivity index (χ4v) is 3.74. The molecule has 2 rings (SSSR count). The first kappa shape index (κ1) is 15.9. The van der Waals surface area contributed by atoms with Gasteiger partial charge in [-0.25, -0.2) is 0 Å². The molecule has 20 heavy (non-hydrogen) atoms. The van der Waals surface area contributed by atoms with Gasteiger partial charge in [0, 0.05) is 0 Å². The molecule has 0 aliphatic carbocycles. The molecule has 0 saturated heterocycles. The summed E-state index contributed by atoms with van der Waals surface area (Å²) in [7, 11) is 13.9. The van der Waals surface area contributed by atoms with E-state index in [4.69, 9.17) is 31.0 Å². The first-order chi connectivity index (χ1) is 9.56. The first-order valence-electron chi connectivity index (χ1n) is 5.82. The Morgan fingerprint density at radius 1 is 0.950 bits per heavy atom. The van der Waals surface area contributed by atoms with Gasteiger partial charge >= 0.3 is 137 Å². The normalized spacial score (nSPS) is 12.2. The number of benzene rings is 2. The summed E-state index contributed by atoms with van der Waals surface area (Å²) in [5.74, 6) is 0. The summed E-state index contributed by atoms with van der Waals surface area (Å²) in [5, 5.41) is 0.731. The molecule has 5 heteroatoms. The minimum absolute atomic E-state index is 0.731. The molecule has 0 saturated carbocycles. The molecular weight excluding hydrogens is 402 g/mol. The third-order valence-electron chi connectivity index (χ3n) is 2.75. The zero-order valence-electron chi connectivity index (χ0n) is 10.7. The molecule has 2 aromatic rings. The maximum atomic E-state index is 5.97. The summed E-state index contributed by atoms with van der Waals surface area (Å²) in [6, 6.07) is 15.8. The van der Waals surface area contributed by atoms with Crippen molar-refractivity contribution in [2.45, 2.75) is 0 Å². The van der Waals surface area contributed by atoms with Gasteiger partial charge in [-0.15, -0.1) is 0 Å². The van der Waals surface area contributed by atoms with Crippen LogP contribution in [0.2, 0.25) is 5.02 Å². The summed E-state index contributed by atoms with van der Waals surface area (Å²) in [5.41, 5.74) is 3.22. The third kappa shape index (κ3) is 4.50. The molecule has 0 N–H and O–H groups in total. The van der Waals surface area contributed by atoms with Gasteiger partial charge in [-0.2, -0.15) is 0 Å². The Labute approximate surface area is 136 Å². The topological polar surface area (TPSA) is 3.01 Å². The number of halogens is 3.